The molecule has 0 saturated carbocycles. The maximum atomic E-state index is 5.80. The molecule has 6 heteroatoms. The van der Waals surface area contributed by atoms with Crippen LogP contribution in [0.2, 0.25) is 0 Å². The summed E-state index contributed by atoms with van der Waals surface area (Å²) >= 11 is 0. The first-order valence-electron chi connectivity index (χ1n) is 9.99. The number of aromatic nitrogens is 2. The zero-order valence-electron chi connectivity index (χ0n) is 16.9. The Morgan fingerprint density at radius 2 is 1.85 bits per heavy atom. The zero-order valence-corrected chi connectivity index (χ0v) is 16.9. The third-order valence-corrected chi connectivity index (χ3v) is 4.88. The molecule has 27 heavy (non-hydrogen) atoms. The Bertz CT molecular complexity index is 678. The van der Waals surface area contributed by atoms with E-state index in [0.29, 0.717) is 5.92 Å². The Kier molecular flexibility index (Phi) is 7.38. The molecular weight excluding hydrogens is 340 g/mol. The molecule has 0 amide bonds. The lowest BCUT2D eigenvalue weighted by Crippen LogP contribution is -2.38. The summed E-state index contributed by atoms with van der Waals surface area (Å²) in [6.07, 6.45) is 5.06. The van der Waals surface area contributed by atoms with E-state index in [-0.39, 0.29) is 0 Å². The van der Waals surface area contributed by atoms with Crippen molar-refractivity contribution in [2.45, 2.75) is 46.2 Å². The number of rotatable bonds is 9. The van der Waals surface area contributed by atoms with Crippen molar-refractivity contribution in [1.29, 1.82) is 0 Å². The van der Waals surface area contributed by atoms with E-state index < -0.39 is 0 Å². The lowest BCUT2D eigenvalue weighted by atomic mass is 10.2. The maximum absolute atomic E-state index is 5.80. The van der Waals surface area contributed by atoms with Gasteiger partial charge < -0.3 is 9.15 Å². The van der Waals surface area contributed by atoms with Gasteiger partial charge in [0.1, 0.15) is 17.3 Å². The minimum absolute atomic E-state index is 0.356. The summed E-state index contributed by atoms with van der Waals surface area (Å²) in [5.41, 5.74) is 1.15. The summed E-state index contributed by atoms with van der Waals surface area (Å²) in [6.45, 7) is 13.8. The number of morpholine rings is 1. The monoisotopic (exact) mass is 372 g/mol. The molecule has 1 fully saturated rings. The highest BCUT2D eigenvalue weighted by atomic mass is 16.5. The molecule has 0 aliphatic carbocycles. The van der Waals surface area contributed by atoms with E-state index in [1.807, 2.05) is 25.4 Å². The van der Waals surface area contributed by atoms with Gasteiger partial charge in [-0.2, -0.15) is 0 Å². The van der Waals surface area contributed by atoms with Crippen LogP contribution in [0.15, 0.2) is 28.9 Å². The predicted molar refractivity (Wildman–Crippen MR) is 106 cm³/mol. The van der Waals surface area contributed by atoms with Gasteiger partial charge in [-0.25, -0.2) is 9.97 Å². The Morgan fingerprint density at radius 1 is 1.11 bits per heavy atom. The van der Waals surface area contributed by atoms with Crippen LogP contribution < -0.4 is 0 Å². The van der Waals surface area contributed by atoms with E-state index in [2.05, 4.69) is 39.7 Å². The molecule has 6 nitrogen and oxygen atoms in total. The van der Waals surface area contributed by atoms with Crippen LogP contribution >= 0.6 is 0 Å². The summed E-state index contributed by atoms with van der Waals surface area (Å²) in [5, 5.41) is 0. The van der Waals surface area contributed by atoms with E-state index >= 15 is 0 Å². The van der Waals surface area contributed by atoms with E-state index in [1.54, 1.807) is 0 Å². The number of hydrogen-bond donors (Lipinski definition) is 0. The number of ether oxygens (including phenoxy) is 1. The van der Waals surface area contributed by atoms with Crippen LogP contribution in [0.3, 0.4) is 0 Å². The van der Waals surface area contributed by atoms with Crippen molar-refractivity contribution in [3.63, 3.8) is 0 Å². The van der Waals surface area contributed by atoms with Gasteiger partial charge >= 0.3 is 0 Å². The van der Waals surface area contributed by atoms with Crippen LogP contribution in [0.1, 0.15) is 49.1 Å². The number of nitrogens with zero attached hydrogens (tertiary/aromatic N) is 4. The molecule has 2 aromatic rings. The van der Waals surface area contributed by atoms with Crippen molar-refractivity contribution in [3.8, 4) is 0 Å². The minimum atomic E-state index is 0.356. The first kappa shape index (κ1) is 20.0. The van der Waals surface area contributed by atoms with E-state index in [4.69, 9.17) is 9.15 Å². The fourth-order valence-corrected chi connectivity index (χ4v) is 3.35. The van der Waals surface area contributed by atoms with Gasteiger partial charge in [-0.15, -0.1) is 0 Å². The second kappa shape index (κ2) is 9.97. The molecule has 0 aromatic carbocycles. The Morgan fingerprint density at radius 3 is 2.48 bits per heavy atom. The first-order chi connectivity index (χ1) is 13.1. The quantitative estimate of drug-likeness (QED) is 0.674. The SMILES string of the molecule is Cc1ccc(CN(CCCN2CCOCC2)Cc2cnc(C(C)C)nc2)o1. The van der Waals surface area contributed by atoms with Crippen molar-refractivity contribution in [2.75, 3.05) is 39.4 Å². The third kappa shape index (κ3) is 6.41. The standard InChI is InChI=1S/C21H32N4O2/c1-17(2)21-22-13-19(14-23-21)15-25(16-20-6-5-18(3)27-20)8-4-7-24-9-11-26-12-10-24/h5-6,13-14,17H,4,7-12,15-16H2,1-3H3. The van der Waals surface area contributed by atoms with Gasteiger partial charge in [0.25, 0.3) is 0 Å². The minimum Gasteiger partial charge on any atom is -0.465 e. The third-order valence-electron chi connectivity index (χ3n) is 4.88. The summed E-state index contributed by atoms with van der Waals surface area (Å²) in [6, 6.07) is 4.10. The summed E-state index contributed by atoms with van der Waals surface area (Å²) < 4.78 is 11.2. The molecule has 148 valence electrons. The lowest BCUT2D eigenvalue weighted by Gasteiger charge is -2.28. The molecule has 0 unspecified atom stereocenters. The molecule has 3 rings (SSSR count). The fourth-order valence-electron chi connectivity index (χ4n) is 3.35. The average molecular weight is 373 g/mol. The lowest BCUT2D eigenvalue weighted by molar-refractivity contribution is 0.0358. The van der Waals surface area contributed by atoms with E-state index in [0.717, 1.165) is 81.8 Å². The van der Waals surface area contributed by atoms with Gasteiger partial charge in [-0.1, -0.05) is 13.8 Å². The van der Waals surface area contributed by atoms with Crippen LogP contribution in [0.4, 0.5) is 0 Å². The smallest absolute Gasteiger partial charge is 0.130 e. The molecule has 0 spiro atoms. The Hall–Kier alpha value is -1.76. The summed E-state index contributed by atoms with van der Waals surface area (Å²) in [7, 11) is 0. The molecule has 1 aliphatic rings. The number of hydrogen-bond acceptors (Lipinski definition) is 6. The van der Waals surface area contributed by atoms with Crippen molar-refractivity contribution >= 4 is 0 Å². The van der Waals surface area contributed by atoms with Gasteiger partial charge in [0, 0.05) is 50.1 Å². The van der Waals surface area contributed by atoms with Crippen LogP contribution in [0, 0.1) is 6.92 Å². The second-order valence-electron chi connectivity index (χ2n) is 7.63. The van der Waals surface area contributed by atoms with Crippen molar-refractivity contribution in [2.24, 2.45) is 0 Å². The number of aryl methyl sites for hydroxylation is 1. The second-order valence-corrected chi connectivity index (χ2v) is 7.63. The van der Waals surface area contributed by atoms with Gasteiger partial charge in [-0.05, 0) is 32.0 Å². The molecule has 0 atom stereocenters. The molecular formula is C21H32N4O2. The van der Waals surface area contributed by atoms with Crippen LogP contribution in [-0.4, -0.2) is 59.2 Å². The molecule has 0 N–H and O–H groups in total. The zero-order chi connectivity index (χ0) is 19.1. The molecule has 1 saturated heterocycles. The molecule has 3 heterocycles. The predicted octanol–water partition coefficient (Wildman–Crippen LogP) is 3.23. The Labute approximate surface area is 162 Å². The van der Waals surface area contributed by atoms with Crippen molar-refractivity contribution in [3.05, 3.63) is 47.4 Å². The molecule has 2 aromatic heterocycles. The van der Waals surface area contributed by atoms with Crippen LogP contribution in [0.25, 0.3) is 0 Å². The van der Waals surface area contributed by atoms with E-state index in [1.165, 1.54) is 0 Å². The van der Waals surface area contributed by atoms with Crippen LogP contribution in [0.5, 0.6) is 0 Å². The van der Waals surface area contributed by atoms with Crippen molar-refractivity contribution < 1.29 is 9.15 Å². The molecule has 1 aliphatic heterocycles. The maximum Gasteiger partial charge on any atom is 0.130 e. The van der Waals surface area contributed by atoms with Gasteiger partial charge in [-0.3, -0.25) is 9.80 Å². The highest BCUT2D eigenvalue weighted by molar-refractivity contribution is 5.08. The summed E-state index contributed by atoms with van der Waals surface area (Å²) in [4.78, 5) is 13.9. The number of furan rings is 1. The largest absolute Gasteiger partial charge is 0.465 e. The highest BCUT2D eigenvalue weighted by Crippen LogP contribution is 2.14. The Balaban J connectivity index is 1.57. The molecule has 0 bridgehead atoms. The van der Waals surface area contributed by atoms with E-state index in [9.17, 15) is 0 Å². The van der Waals surface area contributed by atoms with Crippen molar-refractivity contribution in [1.82, 2.24) is 19.8 Å². The van der Waals surface area contributed by atoms with Crippen LogP contribution in [-0.2, 0) is 17.8 Å². The highest BCUT2D eigenvalue weighted by Gasteiger charge is 2.14. The van der Waals surface area contributed by atoms with Gasteiger partial charge in [0.2, 0.25) is 0 Å². The summed E-state index contributed by atoms with van der Waals surface area (Å²) in [5.74, 6) is 3.23. The topological polar surface area (TPSA) is 54.6 Å². The first-order valence-corrected chi connectivity index (χ1v) is 9.99. The van der Waals surface area contributed by atoms with Gasteiger partial charge in [0.15, 0.2) is 0 Å². The normalized spacial score (nSPS) is 15.7. The van der Waals surface area contributed by atoms with Gasteiger partial charge in [0.05, 0.1) is 19.8 Å². The fraction of sp³-hybridized carbons (Fsp3) is 0.619. The average Bonchev–Trinajstić information content (AvgIpc) is 3.07. The molecule has 0 radical (unpaired) electrons.